The Morgan fingerprint density at radius 3 is 2.36 bits per heavy atom. The Hall–Kier alpha value is -2.24. The molecular formula is C21H22Cl2N2O3. The van der Waals surface area contributed by atoms with E-state index in [2.05, 4.69) is 5.32 Å². The molecule has 148 valence electrons. The van der Waals surface area contributed by atoms with Gasteiger partial charge >= 0.3 is 0 Å². The highest BCUT2D eigenvalue weighted by Gasteiger charge is 2.28. The van der Waals surface area contributed by atoms with Crippen LogP contribution in [-0.4, -0.2) is 41.9 Å². The predicted octanol–water partition coefficient (Wildman–Crippen LogP) is 4.18. The van der Waals surface area contributed by atoms with Crippen molar-refractivity contribution in [1.82, 2.24) is 10.2 Å². The van der Waals surface area contributed by atoms with Crippen LogP contribution in [-0.2, 0) is 4.79 Å². The molecule has 1 heterocycles. The molecule has 1 aliphatic rings. The van der Waals surface area contributed by atoms with Crippen LogP contribution in [0.2, 0.25) is 10.0 Å². The summed E-state index contributed by atoms with van der Waals surface area (Å²) < 4.78 is 5.71. The maximum absolute atomic E-state index is 12.6. The van der Waals surface area contributed by atoms with Gasteiger partial charge in [-0.2, -0.15) is 0 Å². The number of nitrogens with zero attached hydrogens (tertiary/aromatic N) is 1. The van der Waals surface area contributed by atoms with Gasteiger partial charge in [0, 0.05) is 24.2 Å². The third-order valence-electron chi connectivity index (χ3n) is 4.73. The zero-order valence-corrected chi connectivity index (χ0v) is 17.0. The van der Waals surface area contributed by atoms with Gasteiger partial charge in [-0.1, -0.05) is 35.3 Å². The van der Waals surface area contributed by atoms with Gasteiger partial charge in [0.25, 0.3) is 11.8 Å². The molecule has 2 amide bonds. The average Bonchev–Trinajstić information content (AvgIpc) is 2.70. The van der Waals surface area contributed by atoms with Gasteiger partial charge in [0.15, 0.2) is 6.10 Å². The fourth-order valence-corrected chi connectivity index (χ4v) is 3.53. The smallest absolute Gasteiger partial charge is 0.263 e. The third-order valence-corrected chi connectivity index (χ3v) is 5.32. The van der Waals surface area contributed by atoms with Crippen molar-refractivity contribution in [2.75, 3.05) is 13.1 Å². The van der Waals surface area contributed by atoms with E-state index in [0.717, 1.165) is 0 Å². The molecule has 2 aromatic carbocycles. The molecule has 1 fully saturated rings. The molecule has 7 heteroatoms. The van der Waals surface area contributed by atoms with Crippen LogP contribution in [0.1, 0.15) is 30.1 Å². The van der Waals surface area contributed by atoms with Crippen LogP contribution in [0.25, 0.3) is 0 Å². The van der Waals surface area contributed by atoms with Crippen LogP contribution in [0, 0.1) is 0 Å². The van der Waals surface area contributed by atoms with E-state index in [1.807, 2.05) is 0 Å². The van der Waals surface area contributed by atoms with E-state index in [0.29, 0.717) is 47.3 Å². The highest BCUT2D eigenvalue weighted by Crippen LogP contribution is 2.19. The molecule has 28 heavy (non-hydrogen) atoms. The third kappa shape index (κ3) is 5.18. The van der Waals surface area contributed by atoms with Crippen LogP contribution in [0.3, 0.4) is 0 Å². The van der Waals surface area contributed by atoms with Crippen molar-refractivity contribution in [2.24, 2.45) is 0 Å². The Bertz CT molecular complexity index is 834. The molecule has 1 aliphatic heterocycles. The van der Waals surface area contributed by atoms with E-state index >= 15 is 0 Å². The van der Waals surface area contributed by atoms with Gasteiger partial charge in [-0.3, -0.25) is 9.59 Å². The molecule has 1 atom stereocenters. The van der Waals surface area contributed by atoms with Crippen LogP contribution >= 0.6 is 23.2 Å². The highest BCUT2D eigenvalue weighted by atomic mass is 35.5. The number of halogens is 2. The molecule has 1 unspecified atom stereocenters. The highest BCUT2D eigenvalue weighted by molar-refractivity contribution is 6.33. The number of rotatable bonds is 5. The van der Waals surface area contributed by atoms with Gasteiger partial charge in [-0.05, 0) is 56.2 Å². The standard InChI is InChI=1S/C21H22Cl2N2O3/c1-14(28-17-8-6-15(22)7-9-17)21(27)25-12-10-16(11-13-25)24-20(26)18-4-2-3-5-19(18)23/h2-9,14,16H,10-13H2,1H3,(H,24,26). The Balaban J connectivity index is 1.49. The molecular weight excluding hydrogens is 399 g/mol. The summed E-state index contributed by atoms with van der Waals surface area (Å²) in [7, 11) is 0. The lowest BCUT2D eigenvalue weighted by Gasteiger charge is -2.34. The second-order valence-corrected chi connectivity index (χ2v) is 7.61. The second-order valence-electron chi connectivity index (χ2n) is 6.77. The SMILES string of the molecule is CC(Oc1ccc(Cl)cc1)C(=O)N1CCC(NC(=O)c2ccccc2Cl)CC1. The Morgan fingerprint density at radius 1 is 1.07 bits per heavy atom. The molecule has 0 radical (unpaired) electrons. The summed E-state index contributed by atoms with van der Waals surface area (Å²) in [6.07, 6.45) is 0.793. The minimum absolute atomic E-state index is 0.0142. The maximum atomic E-state index is 12.6. The number of likely N-dealkylation sites (tertiary alicyclic amines) is 1. The summed E-state index contributed by atoms with van der Waals surface area (Å²) in [4.78, 5) is 26.8. The lowest BCUT2D eigenvalue weighted by Crippen LogP contribution is -2.49. The first-order chi connectivity index (χ1) is 13.4. The number of hydrogen-bond donors (Lipinski definition) is 1. The molecule has 5 nitrogen and oxygen atoms in total. The van der Waals surface area contributed by atoms with E-state index in [1.54, 1.807) is 60.4 Å². The topological polar surface area (TPSA) is 58.6 Å². The normalized spacial score (nSPS) is 15.8. The van der Waals surface area contributed by atoms with E-state index in [9.17, 15) is 9.59 Å². The minimum atomic E-state index is -0.588. The van der Waals surface area contributed by atoms with Crippen LogP contribution < -0.4 is 10.1 Å². The molecule has 2 aromatic rings. The summed E-state index contributed by atoms with van der Waals surface area (Å²) in [5, 5.41) is 4.05. The van der Waals surface area contributed by atoms with E-state index in [1.165, 1.54) is 0 Å². The van der Waals surface area contributed by atoms with Crippen molar-refractivity contribution in [3.8, 4) is 5.75 Å². The number of hydrogen-bond acceptors (Lipinski definition) is 3. The van der Waals surface area contributed by atoms with Crippen molar-refractivity contribution < 1.29 is 14.3 Å². The number of ether oxygens (including phenoxy) is 1. The van der Waals surface area contributed by atoms with Gasteiger partial charge in [-0.15, -0.1) is 0 Å². The van der Waals surface area contributed by atoms with E-state index in [4.69, 9.17) is 27.9 Å². The number of amides is 2. The first kappa shape index (κ1) is 20.5. The van der Waals surface area contributed by atoms with Gasteiger partial charge in [0.2, 0.25) is 0 Å². The first-order valence-electron chi connectivity index (χ1n) is 9.20. The Morgan fingerprint density at radius 2 is 1.71 bits per heavy atom. The maximum Gasteiger partial charge on any atom is 0.263 e. The number of carbonyl (C=O) groups excluding carboxylic acids is 2. The van der Waals surface area contributed by atoms with Crippen molar-refractivity contribution in [3.05, 3.63) is 64.1 Å². The predicted molar refractivity (Wildman–Crippen MR) is 110 cm³/mol. The number of carbonyl (C=O) groups is 2. The Labute approximate surface area is 174 Å². The van der Waals surface area contributed by atoms with Crippen molar-refractivity contribution in [1.29, 1.82) is 0 Å². The van der Waals surface area contributed by atoms with Crippen LogP contribution in [0.5, 0.6) is 5.75 Å². The molecule has 0 aromatic heterocycles. The number of nitrogens with one attached hydrogen (secondary N) is 1. The summed E-state index contributed by atoms with van der Waals surface area (Å²) >= 11 is 11.9. The minimum Gasteiger partial charge on any atom is -0.481 e. The quantitative estimate of drug-likeness (QED) is 0.788. The molecule has 0 spiro atoms. The largest absolute Gasteiger partial charge is 0.481 e. The fraction of sp³-hybridized carbons (Fsp3) is 0.333. The van der Waals surface area contributed by atoms with Gasteiger partial charge in [0.05, 0.1) is 10.6 Å². The fourth-order valence-electron chi connectivity index (χ4n) is 3.18. The van der Waals surface area contributed by atoms with Gasteiger partial charge in [-0.25, -0.2) is 0 Å². The molecule has 1 saturated heterocycles. The number of piperidine rings is 1. The molecule has 0 bridgehead atoms. The van der Waals surface area contributed by atoms with E-state index in [-0.39, 0.29) is 17.9 Å². The van der Waals surface area contributed by atoms with Crippen molar-refractivity contribution in [3.63, 3.8) is 0 Å². The number of benzene rings is 2. The first-order valence-corrected chi connectivity index (χ1v) is 9.96. The molecule has 1 N–H and O–H groups in total. The van der Waals surface area contributed by atoms with Gasteiger partial charge in [0.1, 0.15) is 5.75 Å². The lowest BCUT2D eigenvalue weighted by molar-refractivity contribution is -0.139. The second kappa shape index (κ2) is 9.30. The van der Waals surface area contributed by atoms with Crippen molar-refractivity contribution >= 4 is 35.0 Å². The molecule has 0 saturated carbocycles. The summed E-state index contributed by atoms with van der Waals surface area (Å²) in [5.74, 6) is 0.354. The van der Waals surface area contributed by atoms with Crippen LogP contribution in [0.4, 0.5) is 0 Å². The summed E-state index contributed by atoms with van der Waals surface area (Å²) in [6, 6.07) is 13.9. The average molecular weight is 421 g/mol. The summed E-state index contributed by atoms with van der Waals surface area (Å²) in [5.41, 5.74) is 0.465. The lowest BCUT2D eigenvalue weighted by atomic mass is 10.0. The van der Waals surface area contributed by atoms with E-state index < -0.39 is 6.10 Å². The monoisotopic (exact) mass is 420 g/mol. The molecule has 3 rings (SSSR count). The zero-order valence-electron chi connectivity index (χ0n) is 15.5. The zero-order chi connectivity index (χ0) is 20.1. The van der Waals surface area contributed by atoms with Gasteiger partial charge < -0.3 is 15.0 Å². The summed E-state index contributed by atoms with van der Waals surface area (Å²) in [6.45, 7) is 2.88. The van der Waals surface area contributed by atoms with Crippen molar-refractivity contribution in [2.45, 2.75) is 31.9 Å². The molecule has 0 aliphatic carbocycles. The van der Waals surface area contributed by atoms with Crippen LogP contribution in [0.15, 0.2) is 48.5 Å². The Kier molecular flexibility index (Phi) is 6.81.